The molecule has 0 saturated carbocycles. The van der Waals surface area contributed by atoms with E-state index in [1.54, 1.807) is 30.5 Å². The van der Waals surface area contributed by atoms with Crippen LogP contribution in [0.15, 0.2) is 84.0 Å². The van der Waals surface area contributed by atoms with E-state index in [0.717, 1.165) is 22.0 Å². The van der Waals surface area contributed by atoms with Crippen LogP contribution in [0.3, 0.4) is 0 Å². The summed E-state index contributed by atoms with van der Waals surface area (Å²) in [5, 5.41) is 3.76. The number of H-pyrrole nitrogens is 1. The average Bonchev–Trinajstić information content (AvgIpc) is 3.20. The number of para-hydroxylation sites is 1. The van der Waals surface area contributed by atoms with E-state index >= 15 is 0 Å². The van der Waals surface area contributed by atoms with Crippen LogP contribution in [0.2, 0.25) is 0 Å². The van der Waals surface area contributed by atoms with E-state index in [4.69, 9.17) is 0 Å². The van der Waals surface area contributed by atoms with E-state index in [2.05, 4.69) is 20.0 Å². The normalized spacial score (nSPS) is 12.5. The Kier molecular flexibility index (Phi) is 6.34. The largest absolute Gasteiger partial charge is 0.361 e. The van der Waals surface area contributed by atoms with Crippen molar-refractivity contribution < 1.29 is 13.2 Å². The fraction of sp³-hybridized carbons (Fsp3) is 0.167. The second kappa shape index (κ2) is 9.33. The van der Waals surface area contributed by atoms with Crippen molar-refractivity contribution in [2.45, 2.75) is 30.8 Å². The Hall–Kier alpha value is -3.49. The second-order valence-electron chi connectivity index (χ2n) is 7.59. The van der Waals surface area contributed by atoms with Crippen molar-refractivity contribution in [2.75, 3.05) is 0 Å². The van der Waals surface area contributed by atoms with Gasteiger partial charge in [-0.25, -0.2) is 8.42 Å². The molecule has 0 aliphatic carbocycles. The fourth-order valence-electron chi connectivity index (χ4n) is 3.55. The molecule has 7 nitrogen and oxygen atoms in total. The number of hydrogen-bond donors (Lipinski definition) is 3. The number of amides is 1. The molecule has 0 fully saturated rings. The van der Waals surface area contributed by atoms with Crippen molar-refractivity contribution in [3.05, 3.63) is 95.9 Å². The molecule has 0 saturated heterocycles. The van der Waals surface area contributed by atoms with Crippen molar-refractivity contribution >= 4 is 26.8 Å². The molecule has 0 radical (unpaired) electrons. The van der Waals surface area contributed by atoms with Crippen LogP contribution in [0.5, 0.6) is 0 Å². The van der Waals surface area contributed by atoms with Crippen LogP contribution in [-0.2, 0) is 27.8 Å². The molecule has 1 amide bonds. The molecule has 4 aromatic rings. The number of aryl methyl sites for hydroxylation is 1. The van der Waals surface area contributed by atoms with Gasteiger partial charge in [0, 0.05) is 23.3 Å². The highest BCUT2D eigenvalue weighted by molar-refractivity contribution is 7.89. The average molecular weight is 449 g/mol. The van der Waals surface area contributed by atoms with E-state index < -0.39 is 22.0 Å². The minimum Gasteiger partial charge on any atom is -0.361 e. The molecule has 3 N–H and O–H groups in total. The summed E-state index contributed by atoms with van der Waals surface area (Å²) in [6, 6.07) is 18.7. The molecule has 0 aliphatic rings. The van der Waals surface area contributed by atoms with Crippen molar-refractivity contribution in [1.82, 2.24) is 20.0 Å². The Morgan fingerprint density at radius 3 is 2.66 bits per heavy atom. The summed E-state index contributed by atoms with van der Waals surface area (Å²) < 4.78 is 28.7. The summed E-state index contributed by atoms with van der Waals surface area (Å²) in [6.45, 7) is 2.03. The molecule has 2 aromatic carbocycles. The Morgan fingerprint density at radius 2 is 1.88 bits per heavy atom. The molecule has 164 valence electrons. The van der Waals surface area contributed by atoms with E-state index in [-0.39, 0.29) is 17.9 Å². The number of nitrogens with zero attached hydrogens (tertiary/aromatic N) is 1. The van der Waals surface area contributed by atoms with Crippen molar-refractivity contribution in [3.8, 4) is 0 Å². The van der Waals surface area contributed by atoms with Gasteiger partial charge in [-0.1, -0.05) is 36.4 Å². The number of aromatic amines is 1. The predicted molar refractivity (Wildman–Crippen MR) is 123 cm³/mol. The lowest BCUT2D eigenvalue weighted by Crippen LogP contribution is -2.47. The molecule has 4 rings (SSSR count). The first-order valence-electron chi connectivity index (χ1n) is 10.2. The highest BCUT2D eigenvalue weighted by Crippen LogP contribution is 2.20. The van der Waals surface area contributed by atoms with Crippen LogP contribution in [0.4, 0.5) is 0 Å². The maximum Gasteiger partial charge on any atom is 0.241 e. The Balaban J connectivity index is 1.60. The lowest BCUT2D eigenvalue weighted by Gasteiger charge is -2.19. The number of sulfonamides is 1. The van der Waals surface area contributed by atoms with Gasteiger partial charge >= 0.3 is 0 Å². The van der Waals surface area contributed by atoms with Gasteiger partial charge in [0.05, 0.1) is 17.1 Å². The lowest BCUT2D eigenvalue weighted by atomic mass is 10.1. The Bertz CT molecular complexity index is 1330. The third-order valence-corrected chi connectivity index (χ3v) is 6.65. The molecule has 0 unspecified atom stereocenters. The number of nitrogens with one attached hydrogen (secondary N) is 3. The highest BCUT2D eigenvalue weighted by Gasteiger charge is 2.27. The molecular weight excluding hydrogens is 424 g/mol. The molecule has 8 heteroatoms. The van der Waals surface area contributed by atoms with E-state index in [1.807, 2.05) is 49.5 Å². The molecule has 0 bridgehead atoms. The standard InChI is InChI=1S/C24H24N4O3S/c1-17-7-6-9-20(13-17)32(30,31)28-23(24(29)27-16-19-8-4-5-12-25-19)14-18-15-26-22-11-3-2-10-21(18)22/h2-13,15,23,26,28H,14,16H2,1H3,(H,27,29)/t23-/m1/s1. The van der Waals surface area contributed by atoms with E-state index in [9.17, 15) is 13.2 Å². The maximum atomic E-state index is 13.1. The number of benzene rings is 2. The number of rotatable bonds is 8. The first-order chi connectivity index (χ1) is 15.4. The van der Waals surface area contributed by atoms with Crippen LogP contribution in [0, 0.1) is 6.92 Å². The van der Waals surface area contributed by atoms with Crippen LogP contribution >= 0.6 is 0 Å². The Morgan fingerprint density at radius 1 is 1.06 bits per heavy atom. The number of carbonyl (C=O) groups excluding carboxylic acids is 1. The second-order valence-corrected chi connectivity index (χ2v) is 9.31. The van der Waals surface area contributed by atoms with Gasteiger partial charge < -0.3 is 10.3 Å². The number of hydrogen-bond acceptors (Lipinski definition) is 4. The van der Waals surface area contributed by atoms with Crippen molar-refractivity contribution in [3.63, 3.8) is 0 Å². The summed E-state index contributed by atoms with van der Waals surface area (Å²) in [5.41, 5.74) is 3.29. The van der Waals surface area contributed by atoms with Crippen molar-refractivity contribution in [1.29, 1.82) is 0 Å². The lowest BCUT2D eigenvalue weighted by molar-refractivity contribution is -0.122. The molecule has 32 heavy (non-hydrogen) atoms. The zero-order chi connectivity index (χ0) is 22.6. The SMILES string of the molecule is Cc1cccc(S(=O)(=O)N[C@H](Cc2c[nH]c3ccccc23)C(=O)NCc2ccccn2)c1. The summed E-state index contributed by atoms with van der Waals surface area (Å²) in [5.74, 6) is -0.419. The Labute approximate surface area is 187 Å². The minimum atomic E-state index is -3.90. The highest BCUT2D eigenvalue weighted by atomic mass is 32.2. The van der Waals surface area contributed by atoms with Gasteiger partial charge in [0.25, 0.3) is 0 Å². The smallest absolute Gasteiger partial charge is 0.241 e. The number of aromatic nitrogens is 2. The summed E-state index contributed by atoms with van der Waals surface area (Å²) in [6.07, 6.45) is 3.65. The minimum absolute atomic E-state index is 0.124. The third-order valence-electron chi connectivity index (χ3n) is 5.18. The van der Waals surface area contributed by atoms with Gasteiger partial charge in [0.2, 0.25) is 15.9 Å². The molecular formula is C24H24N4O3S. The summed E-state index contributed by atoms with van der Waals surface area (Å²) in [7, 11) is -3.90. The summed E-state index contributed by atoms with van der Waals surface area (Å²) in [4.78, 5) is 20.6. The molecule has 0 aliphatic heterocycles. The quantitative estimate of drug-likeness (QED) is 0.385. The monoisotopic (exact) mass is 448 g/mol. The topological polar surface area (TPSA) is 104 Å². The molecule has 0 spiro atoms. The van der Waals surface area contributed by atoms with Gasteiger partial charge in [0.15, 0.2) is 0 Å². The first kappa shape index (κ1) is 21.7. The van der Waals surface area contributed by atoms with Gasteiger partial charge in [0.1, 0.15) is 6.04 Å². The fourth-order valence-corrected chi connectivity index (χ4v) is 4.85. The van der Waals surface area contributed by atoms with Gasteiger partial charge in [-0.15, -0.1) is 0 Å². The summed E-state index contributed by atoms with van der Waals surface area (Å²) >= 11 is 0. The zero-order valence-electron chi connectivity index (χ0n) is 17.6. The van der Waals surface area contributed by atoms with Gasteiger partial charge in [-0.3, -0.25) is 9.78 Å². The number of pyridine rings is 1. The van der Waals surface area contributed by atoms with Gasteiger partial charge in [-0.05, 0) is 54.8 Å². The molecule has 2 aromatic heterocycles. The predicted octanol–water partition coefficient (Wildman–Crippen LogP) is 3.08. The van der Waals surface area contributed by atoms with Crippen LogP contribution in [0.25, 0.3) is 10.9 Å². The number of carbonyl (C=O) groups is 1. The third kappa shape index (κ3) is 5.04. The van der Waals surface area contributed by atoms with Crippen LogP contribution in [0.1, 0.15) is 16.8 Å². The van der Waals surface area contributed by atoms with Crippen molar-refractivity contribution in [2.24, 2.45) is 0 Å². The van der Waals surface area contributed by atoms with Crippen LogP contribution in [-0.4, -0.2) is 30.3 Å². The first-order valence-corrected chi connectivity index (χ1v) is 11.7. The molecule has 1 atom stereocenters. The van der Waals surface area contributed by atoms with Gasteiger partial charge in [-0.2, -0.15) is 4.72 Å². The van der Waals surface area contributed by atoms with E-state index in [0.29, 0.717) is 5.69 Å². The number of fused-ring (bicyclic) bond motifs is 1. The molecule has 2 heterocycles. The van der Waals surface area contributed by atoms with Crippen LogP contribution < -0.4 is 10.0 Å². The zero-order valence-corrected chi connectivity index (χ0v) is 18.4. The maximum absolute atomic E-state index is 13.1. The van der Waals surface area contributed by atoms with E-state index in [1.165, 1.54) is 6.07 Å².